The summed E-state index contributed by atoms with van der Waals surface area (Å²) in [6.45, 7) is 5.80. The Morgan fingerprint density at radius 1 is 1.04 bits per heavy atom. The van der Waals surface area contributed by atoms with Crippen LogP contribution in [0, 0.1) is 0 Å². The maximum absolute atomic E-state index is 13.2. The highest BCUT2D eigenvalue weighted by atomic mass is 16.5. The van der Waals surface area contributed by atoms with E-state index in [1.54, 1.807) is 0 Å². The van der Waals surface area contributed by atoms with Crippen LogP contribution in [0.25, 0.3) is 11.0 Å². The van der Waals surface area contributed by atoms with Gasteiger partial charge in [-0.3, -0.25) is 9.69 Å². The van der Waals surface area contributed by atoms with Gasteiger partial charge >= 0.3 is 0 Å². The van der Waals surface area contributed by atoms with E-state index in [9.17, 15) is 4.79 Å². The van der Waals surface area contributed by atoms with Crippen LogP contribution >= 0.6 is 0 Å². The second-order valence-corrected chi connectivity index (χ2v) is 7.65. The van der Waals surface area contributed by atoms with Gasteiger partial charge in [0.15, 0.2) is 5.78 Å². The lowest BCUT2D eigenvalue weighted by molar-refractivity contribution is 0.0368. The summed E-state index contributed by atoms with van der Waals surface area (Å²) in [5, 5.41) is 0.865. The zero-order valence-corrected chi connectivity index (χ0v) is 16.1. The normalized spacial score (nSPS) is 20.3. The number of carbonyl (C=O) groups is 1. The van der Waals surface area contributed by atoms with Gasteiger partial charge in [0.1, 0.15) is 17.4 Å². The molecule has 5 rings (SSSR count). The third kappa shape index (κ3) is 2.96. The molecule has 1 atom stereocenters. The van der Waals surface area contributed by atoms with Crippen molar-refractivity contribution >= 4 is 16.8 Å². The summed E-state index contributed by atoms with van der Waals surface area (Å²) in [6, 6.07) is 15.5. The third-order valence-corrected chi connectivity index (χ3v) is 5.86. The molecule has 0 saturated carbocycles. The van der Waals surface area contributed by atoms with Gasteiger partial charge in [0.2, 0.25) is 0 Å². The van der Waals surface area contributed by atoms with Crippen molar-refractivity contribution in [1.29, 1.82) is 0 Å². The Morgan fingerprint density at radius 3 is 2.64 bits per heavy atom. The minimum absolute atomic E-state index is 0.0227. The molecule has 1 aromatic heterocycles. The number of furan rings is 1. The largest absolute Gasteiger partial charge is 0.457 e. The molecule has 1 saturated heterocycles. The fraction of sp³-hybridized carbons (Fsp3) is 0.348. The van der Waals surface area contributed by atoms with E-state index in [0.717, 1.165) is 49.3 Å². The molecule has 0 spiro atoms. The fourth-order valence-electron chi connectivity index (χ4n) is 4.23. The van der Waals surface area contributed by atoms with Gasteiger partial charge in [0.05, 0.1) is 12.2 Å². The van der Waals surface area contributed by atoms with Crippen LogP contribution in [-0.2, 0) is 4.74 Å². The molecule has 144 valence electrons. The smallest absolute Gasteiger partial charge is 0.197 e. The van der Waals surface area contributed by atoms with Crippen LogP contribution in [0.1, 0.15) is 33.3 Å². The molecule has 1 fully saturated rings. The lowest BCUT2D eigenvalue weighted by Crippen LogP contribution is -2.45. The third-order valence-electron chi connectivity index (χ3n) is 5.86. The predicted molar refractivity (Wildman–Crippen MR) is 108 cm³/mol. The van der Waals surface area contributed by atoms with Gasteiger partial charge in [0, 0.05) is 43.7 Å². The first-order valence-electron chi connectivity index (χ1n) is 9.90. The minimum atomic E-state index is -0.344. The standard InChI is InChI=1S/C23H24N2O3/c1-24-10-12-25(13-11-24)14-15-27-22-17-7-3-2-6-16(17)21(26)20-18-8-4-5-9-19(18)28-23(20)22/h2-9,22H,10-15H2,1H3. The lowest BCUT2D eigenvalue weighted by Gasteiger charge is -2.32. The highest BCUT2D eigenvalue weighted by Crippen LogP contribution is 2.42. The quantitative estimate of drug-likeness (QED) is 0.699. The van der Waals surface area contributed by atoms with E-state index in [2.05, 4.69) is 16.8 Å². The fourth-order valence-corrected chi connectivity index (χ4v) is 4.23. The summed E-state index contributed by atoms with van der Waals surface area (Å²) in [4.78, 5) is 17.9. The molecule has 3 aromatic rings. The molecule has 2 aliphatic rings. The molecule has 5 heteroatoms. The second kappa shape index (κ2) is 7.17. The Labute approximate surface area is 164 Å². The highest BCUT2D eigenvalue weighted by Gasteiger charge is 2.36. The molecule has 0 radical (unpaired) electrons. The molecular weight excluding hydrogens is 352 g/mol. The zero-order valence-electron chi connectivity index (χ0n) is 16.1. The van der Waals surface area contributed by atoms with Gasteiger partial charge < -0.3 is 14.1 Å². The maximum atomic E-state index is 13.2. The van der Waals surface area contributed by atoms with Crippen molar-refractivity contribution in [1.82, 2.24) is 9.80 Å². The first-order chi connectivity index (χ1) is 13.7. The molecular formula is C23H24N2O3. The van der Waals surface area contributed by atoms with Crippen molar-refractivity contribution in [2.45, 2.75) is 6.10 Å². The minimum Gasteiger partial charge on any atom is -0.457 e. The Kier molecular flexibility index (Phi) is 4.51. The number of benzene rings is 2. The first kappa shape index (κ1) is 17.6. The highest BCUT2D eigenvalue weighted by molar-refractivity contribution is 6.19. The van der Waals surface area contributed by atoms with Crippen molar-refractivity contribution < 1.29 is 13.9 Å². The van der Waals surface area contributed by atoms with Crippen LogP contribution in [0.4, 0.5) is 0 Å². The molecule has 28 heavy (non-hydrogen) atoms. The predicted octanol–water partition coefficient (Wildman–Crippen LogP) is 3.33. The molecule has 0 N–H and O–H groups in total. The lowest BCUT2D eigenvalue weighted by atomic mass is 9.86. The van der Waals surface area contributed by atoms with Crippen molar-refractivity contribution in [3.05, 3.63) is 71.0 Å². The number of piperazine rings is 1. The van der Waals surface area contributed by atoms with Crippen LogP contribution in [-0.4, -0.2) is 62.0 Å². The summed E-state index contributed by atoms with van der Waals surface area (Å²) in [5.74, 6) is 0.665. The summed E-state index contributed by atoms with van der Waals surface area (Å²) in [7, 11) is 2.16. The molecule has 5 nitrogen and oxygen atoms in total. The zero-order chi connectivity index (χ0) is 19.1. The molecule has 0 amide bonds. The van der Waals surface area contributed by atoms with Gasteiger partial charge in [-0.15, -0.1) is 0 Å². The number of fused-ring (bicyclic) bond motifs is 4. The van der Waals surface area contributed by atoms with Gasteiger partial charge in [0.25, 0.3) is 0 Å². The van der Waals surface area contributed by atoms with Crippen LogP contribution in [0.3, 0.4) is 0 Å². The summed E-state index contributed by atoms with van der Waals surface area (Å²) in [6.07, 6.45) is -0.344. The van der Waals surface area contributed by atoms with Crippen LogP contribution in [0.2, 0.25) is 0 Å². The Balaban J connectivity index is 1.44. The SMILES string of the molecule is CN1CCN(CCOC2c3ccccc3C(=O)c3c2oc2ccccc32)CC1. The van der Waals surface area contributed by atoms with Crippen LogP contribution in [0.15, 0.2) is 52.9 Å². The number of hydrogen-bond donors (Lipinski definition) is 0. The van der Waals surface area contributed by atoms with Gasteiger partial charge in [-0.25, -0.2) is 0 Å². The van der Waals surface area contributed by atoms with Gasteiger partial charge in [-0.2, -0.15) is 0 Å². The van der Waals surface area contributed by atoms with E-state index in [0.29, 0.717) is 23.5 Å². The van der Waals surface area contributed by atoms with Crippen molar-refractivity contribution in [2.24, 2.45) is 0 Å². The topological polar surface area (TPSA) is 45.9 Å². The number of nitrogens with zero attached hydrogens (tertiary/aromatic N) is 2. The van der Waals surface area contributed by atoms with Crippen LogP contribution < -0.4 is 0 Å². The van der Waals surface area contributed by atoms with Crippen molar-refractivity contribution in [3.63, 3.8) is 0 Å². The number of para-hydroxylation sites is 1. The molecule has 0 bridgehead atoms. The summed E-state index contributed by atoms with van der Waals surface area (Å²) >= 11 is 0. The number of ketones is 1. The number of ether oxygens (including phenoxy) is 1. The van der Waals surface area contributed by atoms with Gasteiger partial charge in [-0.1, -0.05) is 42.5 Å². The van der Waals surface area contributed by atoms with E-state index >= 15 is 0 Å². The number of carbonyl (C=O) groups excluding carboxylic acids is 1. The van der Waals surface area contributed by atoms with E-state index in [1.807, 2.05) is 48.5 Å². The molecule has 2 aromatic carbocycles. The number of rotatable bonds is 4. The monoisotopic (exact) mass is 376 g/mol. The Hall–Kier alpha value is -2.47. The molecule has 1 aliphatic carbocycles. The van der Waals surface area contributed by atoms with E-state index in [1.165, 1.54) is 0 Å². The summed E-state index contributed by atoms with van der Waals surface area (Å²) < 4.78 is 12.5. The molecule has 1 aliphatic heterocycles. The molecule has 1 unspecified atom stereocenters. The number of likely N-dealkylation sites (N-methyl/N-ethyl adjacent to an activating group) is 1. The Morgan fingerprint density at radius 2 is 1.79 bits per heavy atom. The van der Waals surface area contributed by atoms with Crippen molar-refractivity contribution in [2.75, 3.05) is 46.4 Å². The first-order valence-corrected chi connectivity index (χ1v) is 9.90. The van der Waals surface area contributed by atoms with Crippen molar-refractivity contribution in [3.8, 4) is 0 Å². The maximum Gasteiger partial charge on any atom is 0.197 e. The van der Waals surface area contributed by atoms with Gasteiger partial charge in [-0.05, 0) is 18.7 Å². The second-order valence-electron chi connectivity index (χ2n) is 7.65. The Bertz CT molecular complexity index is 1020. The van der Waals surface area contributed by atoms with Crippen LogP contribution in [0.5, 0.6) is 0 Å². The van der Waals surface area contributed by atoms with E-state index < -0.39 is 0 Å². The van der Waals surface area contributed by atoms with E-state index in [4.69, 9.17) is 9.15 Å². The molecule has 2 heterocycles. The van der Waals surface area contributed by atoms with E-state index in [-0.39, 0.29) is 11.9 Å². The average Bonchev–Trinajstić information content (AvgIpc) is 3.11. The summed E-state index contributed by atoms with van der Waals surface area (Å²) in [5.41, 5.74) is 3.00. The number of hydrogen-bond acceptors (Lipinski definition) is 5. The average molecular weight is 376 g/mol.